The van der Waals surface area contributed by atoms with Crippen molar-refractivity contribution >= 4 is 34.8 Å². The molecule has 4 aliphatic heterocycles. The van der Waals surface area contributed by atoms with Crippen LogP contribution in [0.15, 0.2) is 30.3 Å². The van der Waals surface area contributed by atoms with Crippen LogP contribution in [0.5, 0.6) is 5.75 Å². The van der Waals surface area contributed by atoms with Crippen LogP contribution in [0.4, 0.5) is 17.1 Å². The molecule has 0 aromatic heterocycles. The van der Waals surface area contributed by atoms with Crippen LogP contribution < -0.4 is 15.0 Å². The Morgan fingerprint density at radius 3 is 2.63 bits per heavy atom. The van der Waals surface area contributed by atoms with Gasteiger partial charge in [-0.2, -0.15) is 0 Å². The molecule has 0 radical (unpaired) electrons. The summed E-state index contributed by atoms with van der Waals surface area (Å²) in [4.78, 5) is 55.7. The van der Waals surface area contributed by atoms with E-state index in [0.29, 0.717) is 18.7 Å². The van der Waals surface area contributed by atoms with E-state index in [-0.39, 0.29) is 29.1 Å². The lowest BCUT2D eigenvalue weighted by Gasteiger charge is -2.36. The highest BCUT2D eigenvalue weighted by Crippen LogP contribution is 2.61. The fraction of sp³-hybridized carbons (Fsp3) is 0.400. The molecule has 35 heavy (non-hydrogen) atoms. The van der Waals surface area contributed by atoms with Crippen molar-refractivity contribution in [3.63, 3.8) is 0 Å². The topological polar surface area (TPSA) is 122 Å². The largest absolute Gasteiger partial charge is 0.495 e. The molecule has 2 aromatic rings. The molecule has 1 spiro atoms. The molecule has 1 N–H and O–H groups in total. The van der Waals surface area contributed by atoms with E-state index in [4.69, 9.17) is 4.74 Å². The first-order valence-electron chi connectivity index (χ1n) is 11.6. The van der Waals surface area contributed by atoms with Crippen LogP contribution in [-0.4, -0.2) is 47.2 Å². The van der Waals surface area contributed by atoms with Gasteiger partial charge in [-0.1, -0.05) is 12.1 Å². The number of carbonyl (C=O) groups excluding carboxylic acids is 3. The van der Waals surface area contributed by atoms with E-state index in [9.17, 15) is 24.5 Å². The Bertz CT molecular complexity index is 1360. The molecule has 10 heteroatoms. The van der Waals surface area contributed by atoms with Crippen LogP contribution in [-0.2, 0) is 19.9 Å². The van der Waals surface area contributed by atoms with E-state index >= 15 is 0 Å². The van der Waals surface area contributed by atoms with Crippen LogP contribution in [0.3, 0.4) is 0 Å². The summed E-state index contributed by atoms with van der Waals surface area (Å²) in [6.45, 7) is 4.50. The first kappa shape index (κ1) is 21.7. The summed E-state index contributed by atoms with van der Waals surface area (Å²) in [6.07, 6.45) is 1.50. The summed E-state index contributed by atoms with van der Waals surface area (Å²) in [5, 5.41) is 14.5. The van der Waals surface area contributed by atoms with Crippen molar-refractivity contribution in [3.8, 4) is 5.75 Å². The van der Waals surface area contributed by atoms with Crippen LogP contribution in [0.25, 0.3) is 0 Å². The lowest BCUT2D eigenvalue weighted by Crippen LogP contribution is -2.54. The van der Waals surface area contributed by atoms with Crippen molar-refractivity contribution in [2.75, 3.05) is 23.9 Å². The van der Waals surface area contributed by atoms with Gasteiger partial charge in [0.15, 0.2) is 0 Å². The smallest absolute Gasteiger partial charge is 0.271 e. The predicted octanol–water partition coefficient (Wildman–Crippen LogP) is 2.65. The second-order valence-corrected chi connectivity index (χ2v) is 9.68. The number of imide groups is 1. The van der Waals surface area contributed by atoms with E-state index in [1.165, 1.54) is 25.3 Å². The van der Waals surface area contributed by atoms with E-state index in [2.05, 4.69) is 10.2 Å². The van der Waals surface area contributed by atoms with Gasteiger partial charge in [0.2, 0.25) is 17.7 Å². The molecule has 3 saturated heterocycles. The number of rotatable bonds is 3. The minimum absolute atomic E-state index is 0.0320. The number of carbonyl (C=O) groups is 3. The Hall–Kier alpha value is -3.79. The van der Waals surface area contributed by atoms with Crippen molar-refractivity contribution in [2.45, 2.75) is 38.3 Å². The third-order valence-corrected chi connectivity index (χ3v) is 8.31. The summed E-state index contributed by atoms with van der Waals surface area (Å²) in [5.74, 6) is -2.76. The quantitative estimate of drug-likeness (QED) is 0.411. The van der Waals surface area contributed by atoms with Gasteiger partial charge in [0, 0.05) is 29.4 Å². The molecule has 4 unspecified atom stereocenters. The Balaban J connectivity index is 1.56. The summed E-state index contributed by atoms with van der Waals surface area (Å²) >= 11 is 0. The van der Waals surface area contributed by atoms with E-state index < -0.39 is 34.1 Å². The maximum atomic E-state index is 14.1. The zero-order valence-corrected chi connectivity index (χ0v) is 19.5. The van der Waals surface area contributed by atoms with Crippen molar-refractivity contribution in [1.29, 1.82) is 0 Å². The van der Waals surface area contributed by atoms with Crippen molar-refractivity contribution in [2.24, 2.45) is 11.8 Å². The fourth-order valence-electron chi connectivity index (χ4n) is 6.72. The molecule has 180 valence electrons. The van der Waals surface area contributed by atoms with Gasteiger partial charge in [-0.05, 0) is 50.4 Å². The second kappa shape index (κ2) is 7.11. The van der Waals surface area contributed by atoms with Gasteiger partial charge in [0.25, 0.3) is 5.69 Å². The van der Waals surface area contributed by atoms with Gasteiger partial charge in [-0.25, -0.2) is 4.90 Å². The number of nitrogens with one attached hydrogen (secondary N) is 1. The number of hydrogen-bond acceptors (Lipinski definition) is 7. The average Bonchev–Trinajstić information content (AvgIpc) is 3.54. The molecule has 3 amide bonds. The molecule has 0 saturated carbocycles. The van der Waals surface area contributed by atoms with Crippen molar-refractivity contribution in [3.05, 3.63) is 57.1 Å². The maximum absolute atomic E-state index is 14.1. The number of non-ortho nitro benzene ring substituents is 1. The number of nitro groups is 1. The lowest BCUT2D eigenvalue weighted by atomic mass is 9.75. The standard InChI is InChI=1S/C25H24N4O6/c1-12-6-8-15-21(13(12)2)26-24(32)25(15)20-19(16-5-4-10-27(16)25)22(30)28(23(20)31)17-11-14(29(33)34)7-9-18(17)35-3/h6-9,11,16,19-20H,4-5,10H2,1-3H3,(H,26,32). The molecule has 4 heterocycles. The third kappa shape index (κ3) is 2.49. The van der Waals surface area contributed by atoms with Gasteiger partial charge in [0.05, 0.1) is 23.9 Å². The van der Waals surface area contributed by atoms with Crippen LogP contribution in [0, 0.1) is 35.8 Å². The normalized spacial score (nSPS) is 28.9. The number of nitrogens with zero attached hydrogens (tertiary/aromatic N) is 3. The molecular weight excluding hydrogens is 452 g/mol. The van der Waals surface area contributed by atoms with Gasteiger partial charge >= 0.3 is 0 Å². The van der Waals surface area contributed by atoms with E-state index in [1.54, 1.807) is 0 Å². The van der Waals surface area contributed by atoms with Gasteiger partial charge in [-0.15, -0.1) is 0 Å². The van der Waals surface area contributed by atoms with Gasteiger partial charge in [0.1, 0.15) is 17.0 Å². The zero-order valence-electron chi connectivity index (χ0n) is 19.5. The number of ether oxygens (including phenoxy) is 1. The van der Waals surface area contributed by atoms with Crippen molar-refractivity contribution < 1.29 is 24.0 Å². The van der Waals surface area contributed by atoms with Gasteiger partial charge < -0.3 is 10.1 Å². The van der Waals surface area contributed by atoms with Crippen LogP contribution in [0.1, 0.15) is 29.5 Å². The van der Waals surface area contributed by atoms with Crippen molar-refractivity contribution in [1.82, 2.24) is 4.90 Å². The monoisotopic (exact) mass is 476 g/mol. The molecule has 0 bridgehead atoms. The number of hydrogen-bond donors (Lipinski definition) is 1. The highest BCUT2D eigenvalue weighted by atomic mass is 16.6. The maximum Gasteiger partial charge on any atom is 0.271 e. The highest BCUT2D eigenvalue weighted by Gasteiger charge is 2.75. The fourth-order valence-corrected chi connectivity index (χ4v) is 6.72. The Morgan fingerprint density at radius 2 is 1.91 bits per heavy atom. The molecule has 0 aliphatic carbocycles. The Labute approximate surface area is 201 Å². The van der Waals surface area contributed by atoms with E-state index in [0.717, 1.165) is 28.0 Å². The molecule has 10 nitrogen and oxygen atoms in total. The molecule has 2 aromatic carbocycles. The average molecular weight is 476 g/mol. The minimum atomic E-state index is -1.30. The van der Waals surface area contributed by atoms with Crippen LogP contribution in [0.2, 0.25) is 0 Å². The highest BCUT2D eigenvalue weighted by molar-refractivity contribution is 6.26. The summed E-state index contributed by atoms with van der Waals surface area (Å²) in [5.41, 5.74) is 1.85. The predicted molar refractivity (Wildman–Crippen MR) is 125 cm³/mol. The number of amides is 3. The number of aryl methyl sites for hydroxylation is 1. The summed E-state index contributed by atoms with van der Waals surface area (Å²) in [6, 6.07) is 7.39. The minimum Gasteiger partial charge on any atom is -0.495 e. The molecule has 3 fully saturated rings. The number of methoxy groups -OCH3 is 1. The SMILES string of the molecule is COc1ccc([N+](=O)[O-])cc1N1C(=O)C2C3CCCN3C3(C(=O)Nc4c3ccc(C)c4C)C2C1=O. The third-order valence-electron chi connectivity index (χ3n) is 8.31. The molecule has 6 rings (SSSR count). The molecular formula is C25H24N4O6. The molecule has 4 atom stereocenters. The second-order valence-electron chi connectivity index (χ2n) is 9.68. The number of nitro benzene ring substituents is 1. The lowest BCUT2D eigenvalue weighted by molar-refractivity contribution is -0.384. The Kier molecular flexibility index (Phi) is 4.41. The first-order chi connectivity index (χ1) is 16.7. The Morgan fingerprint density at radius 1 is 1.14 bits per heavy atom. The first-order valence-corrected chi connectivity index (χ1v) is 11.6. The summed E-state index contributed by atoms with van der Waals surface area (Å²) < 4.78 is 5.36. The zero-order chi connectivity index (χ0) is 24.8. The van der Waals surface area contributed by atoms with Gasteiger partial charge in [-0.3, -0.25) is 29.4 Å². The summed E-state index contributed by atoms with van der Waals surface area (Å²) in [7, 11) is 1.38. The number of anilines is 2. The van der Waals surface area contributed by atoms with Crippen LogP contribution >= 0.6 is 0 Å². The number of benzene rings is 2. The van der Waals surface area contributed by atoms with E-state index in [1.807, 2.05) is 26.0 Å². The molecule has 4 aliphatic rings. The number of fused-ring (bicyclic) bond motifs is 7.